The number of amides is 1. The molecule has 10 heteroatoms. The lowest BCUT2D eigenvalue weighted by molar-refractivity contribution is -0.112. The van der Waals surface area contributed by atoms with E-state index in [9.17, 15) is 26.4 Å². The van der Waals surface area contributed by atoms with Crippen molar-refractivity contribution in [2.24, 2.45) is 0 Å². The second-order valence-electron chi connectivity index (χ2n) is 6.90. The lowest BCUT2D eigenvalue weighted by atomic mass is 10.0. The second-order valence-corrected chi connectivity index (χ2v) is 8.84. The van der Waals surface area contributed by atoms with E-state index in [0.717, 1.165) is 0 Å². The molecule has 31 heavy (non-hydrogen) atoms. The van der Waals surface area contributed by atoms with Crippen molar-refractivity contribution in [2.45, 2.75) is 18.0 Å². The Hall–Kier alpha value is -2.69. The number of halogens is 3. The molecule has 1 aliphatic rings. The summed E-state index contributed by atoms with van der Waals surface area (Å²) in [7, 11) is -3.82. The molecule has 1 aliphatic heterocycles. The third kappa shape index (κ3) is 5.52. The van der Waals surface area contributed by atoms with Crippen LogP contribution < -0.4 is 5.32 Å². The lowest BCUT2D eigenvalue weighted by Crippen LogP contribution is -2.40. The number of hydrogen-bond donors (Lipinski definition) is 1. The van der Waals surface area contributed by atoms with Gasteiger partial charge >= 0.3 is 6.18 Å². The lowest BCUT2D eigenvalue weighted by Gasteiger charge is -2.26. The van der Waals surface area contributed by atoms with Gasteiger partial charge in [0.2, 0.25) is 15.9 Å². The Labute approximate surface area is 178 Å². The zero-order chi connectivity index (χ0) is 22.6. The van der Waals surface area contributed by atoms with Gasteiger partial charge in [0.05, 0.1) is 23.7 Å². The summed E-state index contributed by atoms with van der Waals surface area (Å²) < 4.78 is 72.5. The molecule has 0 bridgehead atoms. The number of allylic oxidation sites excluding steroid dienone is 1. The van der Waals surface area contributed by atoms with Crippen LogP contribution in [0.15, 0.2) is 59.5 Å². The van der Waals surface area contributed by atoms with Crippen molar-refractivity contribution in [1.29, 1.82) is 0 Å². The van der Waals surface area contributed by atoms with Crippen molar-refractivity contribution in [3.05, 3.63) is 65.7 Å². The molecular formula is C21H21F3N2O4S. The number of benzene rings is 2. The molecule has 2 aromatic rings. The number of hydrogen-bond acceptors (Lipinski definition) is 4. The second kappa shape index (κ2) is 9.21. The van der Waals surface area contributed by atoms with Gasteiger partial charge in [-0.05, 0) is 30.2 Å². The van der Waals surface area contributed by atoms with Gasteiger partial charge in [-0.1, -0.05) is 36.4 Å². The number of carbonyl (C=O) groups is 1. The maximum Gasteiger partial charge on any atom is 0.417 e. The van der Waals surface area contributed by atoms with Crippen molar-refractivity contribution in [1.82, 2.24) is 4.31 Å². The minimum absolute atomic E-state index is 0.0571. The Balaban J connectivity index is 1.89. The van der Waals surface area contributed by atoms with E-state index in [0.29, 0.717) is 11.6 Å². The minimum Gasteiger partial charge on any atom is -0.379 e. The van der Waals surface area contributed by atoms with Crippen LogP contribution in [0.5, 0.6) is 0 Å². The van der Waals surface area contributed by atoms with Gasteiger partial charge in [0.1, 0.15) is 0 Å². The maximum absolute atomic E-state index is 13.5. The largest absolute Gasteiger partial charge is 0.417 e. The molecule has 1 saturated heterocycles. The molecule has 0 aliphatic carbocycles. The standard InChI is InChI=1S/C21H21F3N2O4S/c1-15-7-8-17(31(28,29)26-9-11-30-12-10-26)13-19(15)25-20(27)14-18(21(22,23)24)16-5-3-2-4-6-16/h2-8,13-14H,9-12H2,1H3,(H,25,27)/b18-14-. The number of nitrogens with one attached hydrogen (secondary N) is 1. The zero-order valence-electron chi connectivity index (χ0n) is 16.6. The number of sulfonamides is 1. The third-order valence-corrected chi connectivity index (χ3v) is 6.63. The number of aryl methyl sites for hydroxylation is 1. The monoisotopic (exact) mass is 454 g/mol. The molecule has 6 nitrogen and oxygen atoms in total. The average Bonchev–Trinajstić information content (AvgIpc) is 2.74. The topological polar surface area (TPSA) is 75.7 Å². The number of nitrogens with zero attached hydrogens (tertiary/aromatic N) is 1. The molecule has 1 heterocycles. The molecule has 1 fully saturated rings. The van der Waals surface area contributed by atoms with Crippen LogP contribution in [-0.2, 0) is 19.6 Å². The fourth-order valence-corrected chi connectivity index (χ4v) is 4.51. The van der Waals surface area contributed by atoms with E-state index in [-0.39, 0.29) is 42.4 Å². The number of ether oxygens (including phenoxy) is 1. The number of alkyl halides is 3. The van der Waals surface area contributed by atoms with Crippen LogP contribution >= 0.6 is 0 Å². The average molecular weight is 454 g/mol. The Kier molecular flexibility index (Phi) is 6.83. The van der Waals surface area contributed by atoms with Gasteiger partial charge in [0.15, 0.2) is 0 Å². The van der Waals surface area contributed by atoms with Crippen molar-refractivity contribution >= 4 is 27.2 Å². The number of carbonyl (C=O) groups excluding carboxylic acids is 1. The van der Waals surface area contributed by atoms with E-state index in [1.807, 2.05) is 0 Å². The van der Waals surface area contributed by atoms with Crippen LogP contribution in [0.3, 0.4) is 0 Å². The van der Waals surface area contributed by atoms with Gasteiger partial charge in [0.25, 0.3) is 0 Å². The summed E-state index contributed by atoms with van der Waals surface area (Å²) in [5.74, 6) is -1.01. The first-order valence-electron chi connectivity index (χ1n) is 9.43. The molecule has 0 saturated carbocycles. The molecule has 0 spiro atoms. The smallest absolute Gasteiger partial charge is 0.379 e. The van der Waals surface area contributed by atoms with E-state index in [2.05, 4.69) is 5.32 Å². The Morgan fingerprint density at radius 1 is 1.10 bits per heavy atom. The van der Waals surface area contributed by atoms with Crippen molar-refractivity contribution in [3.8, 4) is 0 Å². The highest BCUT2D eigenvalue weighted by molar-refractivity contribution is 7.89. The van der Waals surface area contributed by atoms with Crippen LogP contribution in [0.4, 0.5) is 18.9 Å². The molecule has 2 aromatic carbocycles. The van der Waals surface area contributed by atoms with Gasteiger partial charge < -0.3 is 10.1 Å². The summed E-state index contributed by atoms with van der Waals surface area (Å²) in [6, 6.07) is 11.1. The molecule has 0 radical (unpaired) electrons. The predicted molar refractivity (Wildman–Crippen MR) is 110 cm³/mol. The Morgan fingerprint density at radius 2 is 1.74 bits per heavy atom. The maximum atomic E-state index is 13.5. The normalized spacial score (nSPS) is 16.2. The van der Waals surface area contributed by atoms with Crippen LogP contribution in [0.2, 0.25) is 0 Å². The quantitative estimate of drug-likeness (QED) is 0.701. The van der Waals surface area contributed by atoms with E-state index < -0.39 is 27.7 Å². The van der Waals surface area contributed by atoms with Crippen molar-refractivity contribution < 1.29 is 31.1 Å². The van der Waals surface area contributed by atoms with Crippen molar-refractivity contribution in [3.63, 3.8) is 0 Å². The van der Waals surface area contributed by atoms with Gasteiger partial charge in [-0.25, -0.2) is 8.42 Å². The first kappa shape index (κ1) is 23.0. The molecule has 1 N–H and O–H groups in total. The summed E-state index contributed by atoms with van der Waals surface area (Å²) in [6.07, 6.45) is -4.27. The Bertz CT molecular complexity index is 1080. The van der Waals surface area contributed by atoms with E-state index in [1.165, 1.54) is 46.8 Å². The van der Waals surface area contributed by atoms with Crippen LogP contribution in [0.25, 0.3) is 5.57 Å². The highest BCUT2D eigenvalue weighted by Gasteiger charge is 2.35. The van der Waals surface area contributed by atoms with E-state index >= 15 is 0 Å². The summed E-state index contributed by atoms with van der Waals surface area (Å²) in [5.41, 5.74) is -0.619. The summed E-state index contributed by atoms with van der Waals surface area (Å²) >= 11 is 0. The molecule has 0 aromatic heterocycles. The highest BCUT2D eigenvalue weighted by atomic mass is 32.2. The third-order valence-electron chi connectivity index (χ3n) is 4.74. The van der Waals surface area contributed by atoms with Gasteiger partial charge in [-0.15, -0.1) is 0 Å². The van der Waals surface area contributed by atoms with E-state index in [4.69, 9.17) is 4.74 Å². The number of anilines is 1. The summed E-state index contributed by atoms with van der Waals surface area (Å²) in [5, 5.41) is 2.37. The molecular weight excluding hydrogens is 433 g/mol. The highest BCUT2D eigenvalue weighted by Crippen LogP contribution is 2.34. The SMILES string of the molecule is Cc1ccc(S(=O)(=O)N2CCOCC2)cc1NC(=O)/C=C(/c1ccccc1)C(F)(F)F. The molecule has 0 unspecified atom stereocenters. The van der Waals surface area contributed by atoms with Crippen molar-refractivity contribution in [2.75, 3.05) is 31.6 Å². The fourth-order valence-electron chi connectivity index (χ4n) is 3.08. The summed E-state index contributed by atoms with van der Waals surface area (Å²) in [4.78, 5) is 12.3. The Morgan fingerprint density at radius 3 is 2.35 bits per heavy atom. The minimum atomic E-state index is -4.74. The molecule has 3 rings (SSSR count). The fraction of sp³-hybridized carbons (Fsp3) is 0.286. The summed E-state index contributed by atoms with van der Waals surface area (Å²) in [6.45, 7) is 2.57. The van der Waals surface area contributed by atoms with Crippen LogP contribution in [-0.4, -0.2) is 51.1 Å². The van der Waals surface area contributed by atoms with E-state index in [1.54, 1.807) is 13.0 Å². The van der Waals surface area contributed by atoms with Gasteiger partial charge in [-0.3, -0.25) is 4.79 Å². The van der Waals surface area contributed by atoms with Crippen LogP contribution in [0.1, 0.15) is 11.1 Å². The molecule has 0 atom stereocenters. The molecule has 166 valence electrons. The molecule has 1 amide bonds. The van der Waals surface area contributed by atoms with Gasteiger partial charge in [-0.2, -0.15) is 17.5 Å². The van der Waals surface area contributed by atoms with Gasteiger partial charge in [0, 0.05) is 24.9 Å². The number of morpholine rings is 1. The predicted octanol–water partition coefficient (Wildman–Crippen LogP) is 3.60. The zero-order valence-corrected chi connectivity index (χ0v) is 17.5. The first-order valence-corrected chi connectivity index (χ1v) is 10.9. The first-order chi connectivity index (χ1) is 14.6. The number of rotatable bonds is 5. The van der Waals surface area contributed by atoms with Crippen LogP contribution in [0, 0.1) is 6.92 Å².